The molecule has 0 fully saturated rings. The fourth-order valence-electron chi connectivity index (χ4n) is 4.55. The van der Waals surface area contributed by atoms with Gasteiger partial charge in [0, 0.05) is 19.5 Å². The molecule has 0 aromatic rings. The van der Waals surface area contributed by atoms with Crippen molar-refractivity contribution >= 4 is 5.91 Å². The fourth-order valence-corrected chi connectivity index (χ4v) is 4.55. The average molecular weight is 681 g/mol. The highest BCUT2D eigenvalue weighted by Crippen LogP contribution is 2.05. The zero-order valence-corrected chi connectivity index (χ0v) is 31.7. The predicted molar refractivity (Wildman–Crippen MR) is 217 cm³/mol. The number of allylic oxidation sites excluding steroid dienone is 16. The summed E-state index contributed by atoms with van der Waals surface area (Å²) < 4.78 is 0. The van der Waals surface area contributed by atoms with Gasteiger partial charge in [0.2, 0.25) is 5.91 Å². The SMILES string of the molecule is CCCCC/C=C\C/C=C\C/C=C\C/C=C\CCCC(=O)NCCO.CCCCC/C=C\C/C=C\C/C=C\C/C=C\CCCCC(O)CN. The topological polar surface area (TPSA) is 95.6 Å². The van der Waals surface area contributed by atoms with Crippen LogP contribution in [0.25, 0.3) is 0 Å². The van der Waals surface area contributed by atoms with E-state index in [0.717, 1.165) is 77.0 Å². The van der Waals surface area contributed by atoms with Crippen LogP contribution in [-0.2, 0) is 4.79 Å². The van der Waals surface area contributed by atoms with E-state index in [1.807, 2.05) is 0 Å². The quantitative estimate of drug-likeness (QED) is 0.0420. The fraction of sp³-hybridized carbons (Fsp3) is 0.614. The van der Waals surface area contributed by atoms with Gasteiger partial charge in [0.15, 0.2) is 0 Å². The largest absolute Gasteiger partial charge is 0.395 e. The van der Waals surface area contributed by atoms with Gasteiger partial charge in [0.1, 0.15) is 0 Å². The number of amides is 1. The average Bonchev–Trinajstić information content (AvgIpc) is 3.11. The molecule has 0 aliphatic carbocycles. The van der Waals surface area contributed by atoms with E-state index >= 15 is 0 Å². The van der Waals surface area contributed by atoms with Gasteiger partial charge in [-0.25, -0.2) is 0 Å². The second kappa shape index (κ2) is 45.3. The van der Waals surface area contributed by atoms with Crippen molar-refractivity contribution in [3.05, 3.63) is 97.2 Å². The maximum Gasteiger partial charge on any atom is 0.220 e. The zero-order chi connectivity index (χ0) is 36.1. The van der Waals surface area contributed by atoms with Gasteiger partial charge in [-0.2, -0.15) is 0 Å². The second-order valence-corrected chi connectivity index (χ2v) is 12.3. The number of nitrogens with two attached hydrogens (primary N) is 1. The van der Waals surface area contributed by atoms with E-state index in [4.69, 9.17) is 10.8 Å². The first-order valence-electron chi connectivity index (χ1n) is 19.6. The lowest BCUT2D eigenvalue weighted by Gasteiger charge is -2.05. The first-order valence-corrected chi connectivity index (χ1v) is 19.6. The van der Waals surface area contributed by atoms with Crippen molar-refractivity contribution in [3.8, 4) is 0 Å². The van der Waals surface area contributed by atoms with Crippen molar-refractivity contribution in [2.45, 2.75) is 155 Å². The molecule has 0 saturated carbocycles. The van der Waals surface area contributed by atoms with Gasteiger partial charge in [-0.15, -0.1) is 0 Å². The van der Waals surface area contributed by atoms with Gasteiger partial charge in [0.05, 0.1) is 12.7 Å². The Kier molecular flexibility index (Phi) is 44.7. The molecule has 0 aromatic carbocycles. The number of carbonyl (C=O) groups is 1. The molecule has 0 rings (SSSR count). The lowest BCUT2D eigenvalue weighted by Crippen LogP contribution is -2.25. The summed E-state index contributed by atoms with van der Waals surface area (Å²) in [5.41, 5.74) is 5.37. The molecule has 0 aliphatic rings. The third-order valence-electron chi connectivity index (χ3n) is 7.55. The Labute approximate surface area is 303 Å². The Balaban J connectivity index is 0. The molecule has 0 aromatic heterocycles. The molecule has 49 heavy (non-hydrogen) atoms. The summed E-state index contributed by atoms with van der Waals surface area (Å²) >= 11 is 0. The minimum absolute atomic E-state index is 0.00289. The summed E-state index contributed by atoms with van der Waals surface area (Å²) in [6.45, 7) is 5.21. The third-order valence-corrected chi connectivity index (χ3v) is 7.55. The number of unbranched alkanes of at least 4 members (excludes halogenated alkanes) is 9. The molecule has 0 saturated heterocycles. The van der Waals surface area contributed by atoms with E-state index in [1.165, 1.54) is 51.4 Å². The number of carbonyl (C=O) groups excluding carboxylic acids is 1. The van der Waals surface area contributed by atoms with E-state index in [1.54, 1.807) is 0 Å². The second-order valence-electron chi connectivity index (χ2n) is 12.3. The Bertz CT molecular complexity index is 911. The van der Waals surface area contributed by atoms with Crippen LogP contribution in [-0.4, -0.2) is 41.9 Å². The van der Waals surface area contributed by atoms with Crippen LogP contribution in [0.4, 0.5) is 0 Å². The standard InChI is InChI=1S/C22H37NO2.C22H39NO/c1-2-3-4-5-6-7-8-9-10-11-12-13-14-15-16-17-18-19-22(25)23-20-21-24;1-2-3-4-5-6-7-8-9-10-11-12-13-14-15-16-17-18-19-20-22(24)21-23/h6-7,9-10,12-13,15-16,24H,2-5,8,11,14,17-21H2,1H3,(H,23,25);6-7,9-10,12-13,15-16,22,24H,2-5,8,11,14,17-21,23H2,1H3/b2*7-6-,10-9-,13-12-,16-15-. The Morgan fingerprint density at radius 1 is 0.551 bits per heavy atom. The number of rotatable bonds is 32. The van der Waals surface area contributed by atoms with Crippen LogP contribution in [0.5, 0.6) is 0 Å². The summed E-state index contributed by atoms with van der Waals surface area (Å²) in [4.78, 5) is 11.3. The monoisotopic (exact) mass is 681 g/mol. The molecule has 5 N–H and O–H groups in total. The van der Waals surface area contributed by atoms with Crippen molar-refractivity contribution in [1.29, 1.82) is 0 Å². The van der Waals surface area contributed by atoms with Gasteiger partial charge in [-0.1, -0.05) is 143 Å². The summed E-state index contributed by atoms with van der Waals surface area (Å²) in [7, 11) is 0. The molecule has 1 amide bonds. The number of nitrogens with one attached hydrogen (secondary N) is 1. The number of aliphatic hydroxyl groups is 2. The van der Waals surface area contributed by atoms with Crippen LogP contribution in [0.3, 0.4) is 0 Å². The van der Waals surface area contributed by atoms with E-state index in [0.29, 0.717) is 19.5 Å². The van der Waals surface area contributed by atoms with Crippen LogP contribution in [0.1, 0.15) is 149 Å². The molecule has 1 unspecified atom stereocenters. The molecule has 0 bridgehead atoms. The first kappa shape index (κ1) is 48.4. The number of hydrogen-bond donors (Lipinski definition) is 4. The Hall–Kier alpha value is -2.73. The third kappa shape index (κ3) is 47.4. The lowest BCUT2D eigenvalue weighted by atomic mass is 10.1. The molecule has 0 radical (unpaired) electrons. The van der Waals surface area contributed by atoms with Crippen molar-refractivity contribution in [1.82, 2.24) is 5.32 Å². The van der Waals surface area contributed by atoms with Crippen molar-refractivity contribution in [2.75, 3.05) is 19.7 Å². The lowest BCUT2D eigenvalue weighted by molar-refractivity contribution is -0.121. The number of hydrogen-bond acceptors (Lipinski definition) is 4. The van der Waals surface area contributed by atoms with Gasteiger partial charge in [0.25, 0.3) is 0 Å². The molecular formula is C44H76N2O3. The first-order chi connectivity index (χ1) is 24.1. The predicted octanol–water partition coefficient (Wildman–Crippen LogP) is 11.1. The van der Waals surface area contributed by atoms with Crippen LogP contribution in [0.2, 0.25) is 0 Å². The van der Waals surface area contributed by atoms with E-state index in [2.05, 4.69) is 116 Å². The molecular weight excluding hydrogens is 604 g/mol. The van der Waals surface area contributed by atoms with Crippen molar-refractivity contribution in [2.24, 2.45) is 5.73 Å². The molecule has 5 heteroatoms. The molecule has 0 heterocycles. The summed E-state index contributed by atoms with van der Waals surface area (Å²) in [5, 5.41) is 20.6. The molecule has 0 spiro atoms. The van der Waals surface area contributed by atoms with Crippen LogP contribution in [0, 0.1) is 0 Å². The van der Waals surface area contributed by atoms with Gasteiger partial charge in [-0.3, -0.25) is 4.79 Å². The highest BCUT2D eigenvalue weighted by Gasteiger charge is 1.99. The molecule has 1 atom stereocenters. The van der Waals surface area contributed by atoms with E-state index in [-0.39, 0.29) is 18.6 Å². The van der Waals surface area contributed by atoms with Gasteiger partial charge >= 0.3 is 0 Å². The van der Waals surface area contributed by atoms with Crippen LogP contribution < -0.4 is 11.1 Å². The molecule has 280 valence electrons. The highest BCUT2D eigenvalue weighted by atomic mass is 16.3. The summed E-state index contributed by atoms with van der Waals surface area (Å²) in [6, 6.07) is 0. The number of aliphatic hydroxyl groups excluding tert-OH is 2. The summed E-state index contributed by atoms with van der Waals surface area (Å²) in [6.07, 6.45) is 58.0. The van der Waals surface area contributed by atoms with Crippen LogP contribution >= 0.6 is 0 Å². The maximum absolute atomic E-state index is 11.3. The Morgan fingerprint density at radius 3 is 1.24 bits per heavy atom. The van der Waals surface area contributed by atoms with E-state index in [9.17, 15) is 9.90 Å². The van der Waals surface area contributed by atoms with Crippen molar-refractivity contribution in [3.63, 3.8) is 0 Å². The zero-order valence-electron chi connectivity index (χ0n) is 31.7. The van der Waals surface area contributed by atoms with E-state index < -0.39 is 0 Å². The maximum atomic E-state index is 11.3. The molecule has 5 nitrogen and oxygen atoms in total. The van der Waals surface area contributed by atoms with Gasteiger partial charge < -0.3 is 21.3 Å². The summed E-state index contributed by atoms with van der Waals surface area (Å²) in [5.74, 6) is 0.0185. The highest BCUT2D eigenvalue weighted by molar-refractivity contribution is 5.75. The Morgan fingerprint density at radius 2 is 0.898 bits per heavy atom. The van der Waals surface area contributed by atoms with Crippen LogP contribution in [0.15, 0.2) is 97.2 Å². The minimum Gasteiger partial charge on any atom is -0.395 e. The van der Waals surface area contributed by atoms with Crippen molar-refractivity contribution < 1.29 is 15.0 Å². The minimum atomic E-state index is -0.318. The molecule has 0 aliphatic heterocycles. The normalized spacial score (nSPS) is 13.1. The van der Waals surface area contributed by atoms with Gasteiger partial charge in [-0.05, 0) is 96.3 Å². The smallest absolute Gasteiger partial charge is 0.220 e.